The summed E-state index contributed by atoms with van der Waals surface area (Å²) in [6.07, 6.45) is 48.3. The maximum absolute atomic E-state index is 12.7. The number of quaternary nitrogens is 1. The molecule has 0 amide bonds. The molecule has 58 heavy (non-hydrogen) atoms. The van der Waals surface area contributed by atoms with Crippen LogP contribution in [0.5, 0.6) is 0 Å². The third-order valence-electron chi connectivity index (χ3n) is 9.51. The predicted octanol–water partition coefficient (Wildman–Crippen LogP) is 12.6. The van der Waals surface area contributed by atoms with Crippen molar-refractivity contribution in [2.75, 3.05) is 47.5 Å². The maximum atomic E-state index is 12.7. The lowest BCUT2D eigenvalue weighted by molar-refractivity contribution is -0.870. The number of phosphoric acid groups is 1. The van der Waals surface area contributed by atoms with Crippen LogP contribution in [-0.2, 0) is 32.7 Å². The Morgan fingerprint density at radius 2 is 0.948 bits per heavy atom. The molecule has 0 fully saturated rings. The summed E-state index contributed by atoms with van der Waals surface area (Å²) in [6, 6.07) is 0. The third-order valence-corrected chi connectivity index (χ3v) is 10.5. The first kappa shape index (κ1) is 55.7. The van der Waals surface area contributed by atoms with E-state index in [1.54, 1.807) is 0 Å². The Morgan fingerprint density at radius 3 is 1.47 bits per heavy atom. The normalized spacial score (nSPS) is 14.1. The molecule has 1 unspecified atom stereocenters. The van der Waals surface area contributed by atoms with Gasteiger partial charge >= 0.3 is 11.9 Å². The number of carbonyl (C=O) groups is 2. The van der Waals surface area contributed by atoms with Crippen molar-refractivity contribution in [1.29, 1.82) is 0 Å². The summed E-state index contributed by atoms with van der Waals surface area (Å²) in [4.78, 5) is 37.5. The molecule has 0 rings (SSSR count). The number of phosphoric ester groups is 1. The monoisotopic (exact) mass is 836 g/mol. The Morgan fingerprint density at radius 1 is 0.534 bits per heavy atom. The van der Waals surface area contributed by atoms with E-state index in [1.807, 2.05) is 27.2 Å². The van der Waals surface area contributed by atoms with Crippen LogP contribution in [0.3, 0.4) is 0 Å². The van der Waals surface area contributed by atoms with Gasteiger partial charge in [0.1, 0.15) is 19.8 Å². The van der Waals surface area contributed by atoms with E-state index < -0.39 is 32.5 Å². The average Bonchev–Trinajstić information content (AvgIpc) is 3.17. The van der Waals surface area contributed by atoms with Gasteiger partial charge in [-0.3, -0.25) is 14.2 Å². The molecule has 336 valence electrons. The molecular formula is C48H86NO8P. The fourth-order valence-electron chi connectivity index (χ4n) is 5.88. The zero-order chi connectivity index (χ0) is 42.8. The number of allylic oxidation sites excluding steroid dienone is 10. The van der Waals surface area contributed by atoms with Gasteiger partial charge < -0.3 is 27.9 Å². The van der Waals surface area contributed by atoms with Crippen LogP contribution in [0.25, 0.3) is 0 Å². The van der Waals surface area contributed by atoms with Crippen LogP contribution in [-0.4, -0.2) is 70.0 Å². The molecule has 0 saturated carbocycles. The molecule has 0 aliphatic heterocycles. The topological polar surface area (TPSA) is 111 Å². The molecule has 0 aromatic carbocycles. The molecule has 0 heterocycles. The zero-order valence-electron chi connectivity index (χ0n) is 37.7. The standard InChI is InChI=1S/C48H86NO8P/c1-6-8-10-12-14-16-18-20-21-22-23-24-25-26-27-29-31-33-35-37-39-41-48(51)57-46(45-56-58(52,53)55-43-42-49(3,4)5)44-54-47(50)40-38-36-34-32-30-28-19-17-15-13-11-9-7-2/h17,19,21-22,24-25,27,29,33,35,46H,6-16,18,20,23,26,28,30-32,34,36-45H2,1-5H3/b19-17+,22-21+,25-24+,29-27+,35-33+/t46-/m1/s1. The Balaban J connectivity index is 4.45. The van der Waals surface area contributed by atoms with Crippen molar-refractivity contribution in [3.05, 3.63) is 60.8 Å². The Labute approximate surface area is 356 Å². The highest BCUT2D eigenvalue weighted by Gasteiger charge is 2.21. The number of nitrogens with zero attached hydrogens (tertiary/aromatic N) is 1. The Bertz CT molecular complexity index is 1170. The summed E-state index contributed by atoms with van der Waals surface area (Å²) in [5.41, 5.74) is 0. The molecule has 0 N–H and O–H groups in total. The Hall–Kier alpha value is -2.29. The predicted molar refractivity (Wildman–Crippen MR) is 240 cm³/mol. The first-order valence-corrected chi connectivity index (χ1v) is 24.5. The molecule has 0 aromatic rings. The second-order valence-corrected chi connectivity index (χ2v) is 17.8. The van der Waals surface area contributed by atoms with Gasteiger partial charge in [-0.25, -0.2) is 0 Å². The quantitative estimate of drug-likeness (QED) is 0.0197. The van der Waals surface area contributed by atoms with Crippen molar-refractivity contribution in [3.63, 3.8) is 0 Å². The molecule has 0 aliphatic rings. The van der Waals surface area contributed by atoms with E-state index in [0.717, 1.165) is 51.4 Å². The summed E-state index contributed by atoms with van der Waals surface area (Å²) in [6.45, 7) is 4.13. The van der Waals surface area contributed by atoms with E-state index in [-0.39, 0.29) is 26.1 Å². The average molecular weight is 836 g/mol. The highest BCUT2D eigenvalue weighted by molar-refractivity contribution is 7.45. The smallest absolute Gasteiger partial charge is 0.306 e. The van der Waals surface area contributed by atoms with E-state index in [0.29, 0.717) is 30.3 Å². The number of hydrogen-bond acceptors (Lipinski definition) is 8. The van der Waals surface area contributed by atoms with Gasteiger partial charge in [-0.1, -0.05) is 152 Å². The number of esters is 2. The molecular weight excluding hydrogens is 750 g/mol. The third kappa shape index (κ3) is 43.3. The van der Waals surface area contributed by atoms with Crippen molar-refractivity contribution < 1.29 is 42.1 Å². The zero-order valence-corrected chi connectivity index (χ0v) is 38.6. The van der Waals surface area contributed by atoms with E-state index in [9.17, 15) is 19.0 Å². The number of carbonyl (C=O) groups excluding carboxylic acids is 2. The van der Waals surface area contributed by atoms with Crippen LogP contribution in [0.2, 0.25) is 0 Å². The fraction of sp³-hybridized carbons (Fsp3) is 0.750. The van der Waals surface area contributed by atoms with Crippen LogP contribution in [0.1, 0.15) is 181 Å². The molecule has 9 nitrogen and oxygen atoms in total. The van der Waals surface area contributed by atoms with E-state index in [4.69, 9.17) is 18.5 Å². The van der Waals surface area contributed by atoms with E-state index in [2.05, 4.69) is 68.5 Å². The van der Waals surface area contributed by atoms with Gasteiger partial charge in [-0.2, -0.15) is 0 Å². The van der Waals surface area contributed by atoms with Crippen LogP contribution >= 0.6 is 7.82 Å². The van der Waals surface area contributed by atoms with E-state index in [1.165, 1.54) is 83.5 Å². The fourth-order valence-corrected chi connectivity index (χ4v) is 6.60. The molecule has 0 saturated heterocycles. The minimum absolute atomic E-state index is 0.0445. The minimum atomic E-state index is -4.64. The second kappa shape index (κ2) is 40.1. The molecule has 0 spiro atoms. The SMILES string of the molecule is CCCCCC/C=C/CCCCCCCC(=O)OC[C@H](COP(=O)([O-])OCC[N+](C)(C)C)OC(=O)CCC/C=C/C/C=C/C/C=C/C/C=C/CCCCCCCCC. The van der Waals surface area contributed by atoms with Crippen LogP contribution in [0.15, 0.2) is 60.8 Å². The summed E-state index contributed by atoms with van der Waals surface area (Å²) in [7, 11) is 1.12. The van der Waals surface area contributed by atoms with Gasteiger partial charge in [-0.15, -0.1) is 0 Å². The molecule has 10 heteroatoms. The van der Waals surface area contributed by atoms with Gasteiger partial charge in [0.15, 0.2) is 6.10 Å². The van der Waals surface area contributed by atoms with Crippen molar-refractivity contribution in [2.24, 2.45) is 0 Å². The van der Waals surface area contributed by atoms with Gasteiger partial charge in [0.05, 0.1) is 27.7 Å². The van der Waals surface area contributed by atoms with E-state index >= 15 is 0 Å². The lowest BCUT2D eigenvalue weighted by Gasteiger charge is -2.28. The summed E-state index contributed by atoms with van der Waals surface area (Å²) in [5.74, 6) is -0.913. The highest BCUT2D eigenvalue weighted by Crippen LogP contribution is 2.38. The molecule has 0 radical (unpaired) electrons. The van der Waals surface area contributed by atoms with Crippen molar-refractivity contribution in [3.8, 4) is 0 Å². The number of unbranched alkanes of at least 4 members (excludes halogenated alkanes) is 17. The van der Waals surface area contributed by atoms with Crippen molar-refractivity contribution in [2.45, 2.75) is 187 Å². The van der Waals surface area contributed by atoms with Gasteiger partial charge in [0.25, 0.3) is 7.82 Å². The molecule has 0 bridgehead atoms. The first-order chi connectivity index (χ1) is 28.0. The second-order valence-electron chi connectivity index (χ2n) is 16.4. The number of hydrogen-bond donors (Lipinski definition) is 0. The van der Waals surface area contributed by atoms with Crippen LogP contribution < -0.4 is 4.89 Å². The lowest BCUT2D eigenvalue weighted by Crippen LogP contribution is -2.37. The number of ether oxygens (including phenoxy) is 2. The number of rotatable bonds is 41. The first-order valence-electron chi connectivity index (χ1n) is 23.0. The van der Waals surface area contributed by atoms with Crippen molar-refractivity contribution >= 4 is 19.8 Å². The molecule has 2 atom stereocenters. The minimum Gasteiger partial charge on any atom is -0.756 e. The van der Waals surface area contributed by atoms with Crippen LogP contribution in [0, 0.1) is 0 Å². The summed E-state index contributed by atoms with van der Waals surface area (Å²) < 4.78 is 33.8. The van der Waals surface area contributed by atoms with Crippen molar-refractivity contribution in [1.82, 2.24) is 0 Å². The summed E-state index contributed by atoms with van der Waals surface area (Å²) >= 11 is 0. The van der Waals surface area contributed by atoms with Gasteiger partial charge in [0.2, 0.25) is 0 Å². The largest absolute Gasteiger partial charge is 0.756 e. The van der Waals surface area contributed by atoms with Gasteiger partial charge in [-0.05, 0) is 77.0 Å². The Kier molecular flexibility index (Phi) is 38.5. The summed E-state index contributed by atoms with van der Waals surface area (Å²) in [5, 5.41) is 0. The van der Waals surface area contributed by atoms with Crippen LogP contribution in [0.4, 0.5) is 0 Å². The highest BCUT2D eigenvalue weighted by atomic mass is 31.2. The van der Waals surface area contributed by atoms with Gasteiger partial charge in [0, 0.05) is 12.8 Å². The number of likely N-dealkylation sites (N-methyl/N-ethyl adjacent to an activating group) is 1. The molecule has 0 aromatic heterocycles. The maximum Gasteiger partial charge on any atom is 0.306 e. The lowest BCUT2D eigenvalue weighted by atomic mass is 10.1. The molecule has 0 aliphatic carbocycles.